The monoisotopic (exact) mass is 442 g/mol. The molecular weight excluding hydrogens is 420 g/mol. The average Bonchev–Trinajstić information content (AvgIpc) is 2.71. The number of carbonyl (C=O) groups excluding carboxylic acids is 1. The lowest BCUT2D eigenvalue weighted by Gasteiger charge is -2.12. The van der Waals surface area contributed by atoms with Crippen molar-refractivity contribution in [2.24, 2.45) is 0 Å². The molecule has 0 saturated heterocycles. The summed E-state index contributed by atoms with van der Waals surface area (Å²) in [6.45, 7) is -0.00175. The molecule has 0 spiro atoms. The quantitative estimate of drug-likeness (QED) is 0.456. The van der Waals surface area contributed by atoms with Crippen molar-refractivity contribution < 1.29 is 31.1 Å². The Labute approximate surface area is 170 Å². The van der Waals surface area contributed by atoms with Gasteiger partial charge in [0.15, 0.2) is 0 Å². The number of nitrogens with one attached hydrogen (secondary N) is 1. The molecule has 0 atom stereocenters. The number of nitrogens with zero attached hydrogens (tertiary/aromatic N) is 1. The van der Waals surface area contributed by atoms with Gasteiger partial charge in [-0.1, -0.05) is 6.07 Å². The first kappa shape index (κ1) is 22.8. The molecule has 0 unspecified atom stereocenters. The molecule has 11 heteroatoms. The van der Waals surface area contributed by atoms with Gasteiger partial charge in [0.05, 0.1) is 22.5 Å². The molecule has 0 aliphatic heterocycles. The van der Waals surface area contributed by atoms with Crippen molar-refractivity contribution in [1.82, 2.24) is 9.03 Å². The summed E-state index contributed by atoms with van der Waals surface area (Å²) in [6, 6.07) is 11.3. The molecule has 2 rings (SSSR count). The highest BCUT2D eigenvalue weighted by Gasteiger charge is 2.17. The number of hydrogen-bond donors (Lipinski definition) is 1. The molecule has 29 heavy (non-hydrogen) atoms. The normalized spacial score (nSPS) is 12.0. The van der Waals surface area contributed by atoms with Crippen molar-refractivity contribution in [1.29, 1.82) is 0 Å². The van der Waals surface area contributed by atoms with E-state index in [0.29, 0.717) is 5.75 Å². The highest BCUT2D eigenvalue weighted by molar-refractivity contribution is 7.89. The van der Waals surface area contributed by atoms with E-state index in [2.05, 4.69) is 9.46 Å². The maximum Gasteiger partial charge on any atom is 0.337 e. The summed E-state index contributed by atoms with van der Waals surface area (Å²) < 4.78 is 62.2. The SMILES string of the molecule is COC(=O)c1cccc(S(=O)(=O)NCCOc2ccc(S(=O)(=O)N(C)C)cc2)c1. The maximum absolute atomic E-state index is 12.3. The third-order valence-electron chi connectivity index (χ3n) is 3.83. The number of sulfonamides is 2. The first-order chi connectivity index (χ1) is 13.6. The van der Waals surface area contributed by atoms with Crippen LogP contribution in [-0.4, -0.2) is 61.5 Å². The van der Waals surface area contributed by atoms with Crippen molar-refractivity contribution in [3.8, 4) is 5.75 Å². The van der Waals surface area contributed by atoms with Crippen molar-refractivity contribution in [3.05, 3.63) is 54.1 Å². The minimum Gasteiger partial charge on any atom is -0.492 e. The second kappa shape index (κ2) is 9.35. The number of methoxy groups -OCH3 is 1. The largest absolute Gasteiger partial charge is 0.492 e. The molecular formula is C18H22N2O7S2. The van der Waals surface area contributed by atoms with Crippen LogP contribution in [0.2, 0.25) is 0 Å². The Kier molecular flexibility index (Phi) is 7.36. The van der Waals surface area contributed by atoms with E-state index in [9.17, 15) is 21.6 Å². The molecule has 1 N–H and O–H groups in total. The molecule has 9 nitrogen and oxygen atoms in total. The Balaban J connectivity index is 1.94. The lowest BCUT2D eigenvalue weighted by Crippen LogP contribution is -2.28. The minimum atomic E-state index is -3.84. The Morgan fingerprint density at radius 2 is 1.66 bits per heavy atom. The van der Waals surface area contributed by atoms with E-state index in [-0.39, 0.29) is 28.5 Å². The minimum absolute atomic E-state index is 0.0235. The van der Waals surface area contributed by atoms with E-state index in [1.165, 1.54) is 69.7 Å². The molecule has 0 aliphatic carbocycles. The van der Waals surface area contributed by atoms with Crippen LogP contribution < -0.4 is 9.46 Å². The first-order valence-electron chi connectivity index (χ1n) is 8.41. The van der Waals surface area contributed by atoms with Gasteiger partial charge in [-0.3, -0.25) is 0 Å². The van der Waals surface area contributed by atoms with E-state index < -0.39 is 26.0 Å². The summed E-state index contributed by atoms with van der Waals surface area (Å²) in [5.41, 5.74) is 0.124. The van der Waals surface area contributed by atoms with Gasteiger partial charge in [0.1, 0.15) is 12.4 Å². The fourth-order valence-electron chi connectivity index (χ4n) is 2.25. The van der Waals surface area contributed by atoms with Crippen LogP contribution in [0.15, 0.2) is 58.3 Å². The molecule has 0 amide bonds. The van der Waals surface area contributed by atoms with E-state index >= 15 is 0 Å². The Morgan fingerprint density at radius 1 is 1.00 bits per heavy atom. The van der Waals surface area contributed by atoms with Gasteiger partial charge in [0, 0.05) is 20.6 Å². The van der Waals surface area contributed by atoms with Crippen LogP contribution >= 0.6 is 0 Å². The molecule has 0 aliphatic rings. The molecule has 0 aromatic heterocycles. The van der Waals surface area contributed by atoms with Crippen LogP contribution in [0.1, 0.15) is 10.4 Å². The predicted molar refractivity (Wildman–Crippen MR) is 106 cm³/mol. The van der Waals surface area contributed by atoms with E-state index in [1.807, 2.05) is 0 Å². The summed E-state index contributed by atoms with van der Waals surface area (Å²) in [6.07, 6.45) is 0. The van der Waals surface area contributed by atoms with E-state index in [1.54, 1.807) is 0 Å². The van der Waals surface area contributed by atoms with Crippen molar-refractivity contribution in [2.75, 3.05) is 34.4 Å². The number of hydrogen-bond acceptors (Lipinski definition) is 7. The van der Waals surface area contributed by atoms with Gasteiger partial charge in [-0.25, -0.2) is 30.7 Å². The number of ether oxygens (including phenoxy) is 2. The van der Waals surface area contributed by atoms with Gasteiger partial charge in [-0.15, -0.1) is 0 Å². The van der Waals surface area contributed by atoms with E-state index in [4.69, 9.17) is 4.74 Å². The lowest BCUT2D eigenvalue weighted by atomic mass is 10.2. The Hall–Kier alpha value is -2.47. The molecule has 2 aromatic carbocycles. The smallest absolute Gasteiger partial charge is 0.337 e. The van der Waals surface area contributed by atoms with Crippen LogP contribution in [0.5, 0.6) is 5.75 Å². The molecule has 0 heterocycles. The van der Waals surface area contributed by atoms with Crippen LogP contribution in [0.25, 0.3) is 0 Å². The summed E-state index contributed by atoms with van der Waals surface area (Å²) in [5, 5.41) is 0. The van der Waals surface area contributed by atoms with Gasteiger partial charge < -0.3 is 9.47 Å². The van der Waals surface area contributed by atoms with Gasteiger partial charge >= 0.3 is 5.97 Å². The second-order valence-electron chi connectivity index (χ2n) is 6.02. The molecule has 0 fully saturated rings. The van der Waals surface area contributed by atoms with Crippen molar-refractivity contribution in [2.45, 2.75) is 9.79 Å². The Morgan fingerprint density at radius 3 is 2.24 bits per heavy atom. The number of carbonyl (C=O) groups is 1. The summed E-state index contributed by atoms with van der Waals surface area (Å²) in [7, 11) is -3.28. The zero-order valence-corrected chi connectivity index (χ0v) is 17.8. The summed E-state index contributed by atoms with van der Waals surface area (Å²) in [5.74, 6) is -0.236. The van der Waals surface area contributed by atoms with Crippen molar-refractivity contribution in [3.63, 3.8) is 0 Å². The van der Waals surface area contributed by atoms with Gasteiger partial charge in [0.25, 0.3) is 0 Å². The Bertz CT molecular complexity index is 1060. The summed E-state index contributed by atoms with van der Waals surface area (Å²) >= 11 is 0. The van der Waals surface area contributed by atoms with Gasteiger partial charge in [-0.05, 0) is 42.5 Å². The van der Waals surface area contributed by atoms with Crippen LogP contribution in [0.3, 0.4) is 0 Å². The third kappa shape index (κ3) is 5.76. The summed E-state index contributed by atoms with van der Waals surface area (Å²) in [4.78, 5) is 11.6. The van der Waals surface area contributed by atoms with Crippen LogP contribution in [0, 0.1) is 0 Å². The van der Waals surface area contributed by atoms with Crippen LogP contribution in [0.4, 0.5) is 0 Å². The number of benzene rings is 2. The molecule has 2 aromatic rings. The molecule has 0 saturated carbocycles. The van der Waals surface area contributed by atoms with E-state index in [0.717, 1.165) is 4.31 Å². The average molecular weight is 443 g/mol. The lowest BCUT2D eigenvalue weighted by molar-refractivity contribution is 0.0600. The molecule has 0 bridgehead atoms. The molecule has 0 radical (unpaired) electrons. The molecule has 158 valence electrons. The first-order valence-corrected chi connectivity index (χ1v) is 11.3. The maximum atomic E-state index is 12.3. The topological polar surface area (TPSA) is 119 Å². The number of esters is 1. The highest BCUT2D eigenvalue weighted by Crippen LogP contribution is 2.18. The third-order valence-corrected chi connectivity index (χ3v) is 7.12. The standard InChI is InChI=1S/C18H22N2O7S2/c1-20(2)29(24,25)16-9-7-15(8-10-16)27-12-11-19-28(22,23)17-6-4-5-14(13-17)18(21)26-3/h4-10,13,19H,11-12H2,1-3H3. The number of rotatable bonds is 9. The fraction of sp³-hybridized carbons (Fsp3) is 0.278. The van der Waals surface area contributed by atoms with Gasteiger partial charge in [0.2, 0.25) is 20.0 Å². The predicted octanol–water partition coefficient (Wildman–Crippen LogP) is 1.08. The highest BCUT2D eigenvalue weighted by atomic mass is 32.2. The van der Waals surface area contributed by atoms with Crippen molar-refractivity contribution >= 4 is 26.0 Å². The fourth-order valence-corrected chi connectivity index (χ4v) is 4.22. The zero-order valence-electron chi connectivity index (χ0n) is 16.2. The second-order valence-corrected chi connectivity index (χ2v) is 9.94. The van der Waals surface area contributed by atoms with Crippen LogP contribution in [-0.2, 0) is 24.8 Å². The van der Waals surface area contributed by atoms with Gasteiger partial charge in [-0.2, -0.15) is 0 Å². The zero-order chi connectivity index (χ0) is 21.7.